The lowest BCUT2D eigenvalue weighted by molar-refractivity contribution is 0.288. The second-order valence-corrected chi connectivity index (χ2v) is 7.20. The molecule has 4 nitrogen and oxygen atoms in total. The highest BCUT2D eigenvalue weighted by atomic mass is 32.2. The quantitative estimate of drug-likeness (QED) is 0.916. The van der Waals surface area contributed by atoms with Crippen molar-refractivity contribution in [1.29, 1.82) is 0 Å². The van der Waals surface area contributed by atoms with Crippen molar-refractivity contribution >= 4 is 10.0 Å². The Morgan fingerprint density at radius 2 is 2.00 bits per heavy atom. The Morgan fingerprint density at radius 1 is 1.32 bits per heavy atom. The number of rotatable bonds is 4. The van der Waals surface area contributed by atoms with Gasteiger partial charge in [0, 0.05) is 19.6 Å². The predicted molar refractivity (Wildman–Crippen MR) is 76.4 cm³/mol. The summed E-state index contributed by atoms with van der Waals surface area (Å²) < 4.78 is 26.7. The summed E-state index contributed by atoms with van der Waals surface area (Å²) in [6.45, 7) is 4.14. The summed E-state index contributed by atoms with van der Waals surface area (Å²) in [6.07, 6.45) is 1.91. The Hall–Kier alpha value is -0.910. The molecule has 1 aromatic carbocycles. The van der Waals surface area contributed by atoms with Gasteiger partial charge in [0.25, 0.3) is 0 Å². The molecule has 106 valence electrons. The lowest BCUT2D eigenvalue weighted by Crippen LogP contribution is -2.37. The maximum absolute atomic E-state index is 12.6. The second kappa shape index (κ2) is 6.03. The van der Waals surface area contributed by atoms with Crippen molar-refractivity contribution in [2.45, 2.75) is 31.2 Å². The van der Waals surface area contributed by atoms with E-state index in [9.17, 15) is 8.42 Å². The summed E-state index contributed by atoms with van der Waals surface area (Å²) in [5.74, 6) is 0.627. The summed E-state index contributed by atoms with van der Waals surface area (Å²) in [4.78, 5) is 0.412. The van der Waals surface area contributed by atoms with Gasteiger partial charge in [-0.15, -0.1) is 0 Å². The summed E-state index contributed by atoms with van der Waals surface area (Å²) >= 11 is 0. The van der Waals surface area contributed by atoms with Crippen molar-refractivity contribution in [3.05, 3.63) is 29.8 Å². The standard InChI is InChI=1S/C14H22N2O2S/c1-12-6-8-16(9-7-12)19(17,18)14-5-3-4-13(10-14)11-15-2/h3-5,10,12,15H,6-9,11H2,1-2H3. The first-order chi connectivity index (χ1) is 9.04. The highest BCUT2D eigenvalue weighted by Crippen LogP contribution is 2.23. The first-order valence-corrected chi connectivity index (χ1v) is 8.21. The molecule has 1 fully saturated rings. The number of sulfonamides is 1. The monoisotopic (exact) mass is 282 g/mol. The van der Waals surface area contributed by atoms with E-state index in [1.165, 1.54) is 0 Å². The molecule has 1 aliphatic rings. The Kier molecular flexibility index (Phi) is 4.60. The molecule has 1 heterocycles. The van der Waals surface area contributed by atoms with Gasteiger partial charge in [0.1, 0.15) is 0 Å². The molecule has 0 saturated carbocycles. The lowest BCUT2D eigenvalue weighted by atomic mass is 10.0. The highest BCUT2D eigenvalue weighted by molar-refractivity contribution is 7.89. The van der Waals surface area contributed by atoms with E-state index in [0.29, 0.717) is 30.4 Å². The maximum Gasteiger partial charge on any atom is 0.243 e. The van der Waals surface area contributed by atoms with E-state index in [0.717, 1.165) is 18.4 Å². The van der Waals surface area contributed by atoms with Crippen LogP contribution in [0.15, 0.2) is 29.2 Å². The first kappa shape index (κ1) is 14.5. The van der Waals surface area contributed by atoms with E-state index in [1.807, 2.05) is 19.2 Å². The molecule has 1 aliphatic heterocycles. The molecule has 1 saturated heterocycles. The van der Waals surface area contributed by atoms with Gasteiger partial charge < -0.3 is 5.32 Å². The Labute approximate surface area is 115 Å². The van der Waals surface area contributed by atoms with Crippen LogP contribution in [0, 0.1) is 5.92 Å². The van der Waals surface area contributed by atoms with Crippen LogP contribution in [0.25, 0.3) is 0 Å². The van der Waals surface area contributed by atoms with Crippen molar-refractivity contribution in [3.63, 3.8) is 0 Å². The minimum atomic E-state index is -3.32. The van der Waals surface area contributed by atoms with Crippen LogP contribution >= 0.6 is 0 Å². The van der Waals surface area contributed by atoms with Crippen molar-refractivity contribution in [2.75, 3.05) is 20.1 Å². The molecule has 2 rings (SSSR count). The smallest absolute Gasteiger partial charge is 0.243 e. The average Bonchev–Trinajstić information content (AvgIpc) is 2.40. The summed E-state index contributed by atoms with van der Waals surface area (Å²) in [7, 11) is -1.47. The molecule has 0 aliphatic carbocycles. The SMILES string of the molecule is CNCc1cccc(S(=O)(=O)N2CCC(C)CC2)c1. The molecule has 0 amide bonds. The van der Waals surface area contributed by atoms with Crippen molar-refractivity contribution < 1.29 is 8.42 Å². The Balaban J connectivity index is 2.21. The summed E-state index contributed by atoms with van der Waals surface area (Å²) in [6, 6.07) is 7.20. The Bertz CT molecular complexity index is 520. The maximum atomic E-state index is 12.6. The normalized spacial score (nSPS) is 18.6. The van der Waals surface area contributed by atoms with Crippen molar-refractivity contribution in [2.24, 2.45) is 5.92 Å². The fourth-order valence-electron chi connectivity index (χ4n) is 2.39. The van der Waals surface area contributed by atoms with Crippen LogP contribution in [0.3, 0.4) is 0 Å². The van der Waals surface area contributed by atoms with E-state index in [-0.39, 0.29) is 0 Å². The summed E-state index contributed by atoms with van der Waals surface area (Å²) in [5.41, 5.74) is 0.994. The van der Waals surface area contributed by atoms with Gasteiger partial charge in [-0.1, -0.05) is 19.1 Å². The fraction of sp³-hybridized carbons (Fsp3) is 0.571. The van der Waals surface area contributed by atoms with Gasteiger partial charge in [-0.25, -0.2) is 8.42 Å². The van der Waals surface area contributed by atoms with E-state index >= 15 is 0 Å². The van der Waals surface area contributed by atoms with Gasteiger partial charge in [0.2, 0.25) is 10.0 Å². The zero-order valence-corrected chi connectivity index (χ0v) is 12.4. The minimum Gasteiger partial charge on any atom is -0.316 e. The summed E-state index contributed by atoms with van der Waals surface area (Å²) in [5, 5.41) is 3.04. The molecule has 5 heteroatoms. The van der Waals surface area contributed by atoms with Gasteiger partial charge in [0.15, 0.2) is 0 Å². The number of nitrogens with one attached hydrogen (secondary N) is 1. The molecule has 1 aromatic rings. The molecule has 0 aromatic heterocycles. The van der Waals surface area contributed by atoms with Crippen LogP contribution in [0.1, 0.15) is 25.3 Å². The molecular weight excluding hydrogens is 260 g/mol. The van der Waals surface area contributed by atoms with Crippen molar-refractivity contribution in [3.8, 4) is 0 Å². The minimum absolute atomic E-state index is 0.412. The van der Waals surface area contributed by atoms with Gasteiger partial charge in [-0.3, -0.25) is 0 Å². The fourth-order valence-corrected chi connectivity index (χ4v) is 3.93. The molecule has 0 unspecified atom stereocenters. The van der Waals surface area contributed by atoms with E-state index in [1.54, 1.807) is 16.4 Å². The van der Waals surface area contributed by atoms with Gasteiger partial charge >= 0.3 is 0 Å². The molecular formula is C14H22N2O2S. The first-order valence-electron chi connectivity index (χ1n) is 6.77. The second-order valence-electron chi connectivity index (χ2n) is 5.26. The van der Waals surface area contributed by atoms with Crippen molar-refractivity contribution in [1.82, 2.24) is 9.62 Å². The third kappa shape index (κ3) is 3.35. The third-order valence-corrected chi connectivity index (χ3v) is 5.55. The zero-order valence-electron chi connectivity index (χ0n) is 11.6. The van der Waals surface area contributed by atoms with Crippen LogP contribution in [-0.4, -0.2) is 32.9 Å². The predicted octanol–water partition coefficient (Wildman–Crippen LogP) is 1.83. The number of hydrogen-bond donors (Lipinski definition) is 1. The van der Waals surface area contributed by atoms with Gasteiger partial charge in [0.05, 0.1) is 4.90 Å². The molecule has 0 spiro atoms. The van der Waals surface area contributed by atoms with Gasteiger partial charge in [-0.05, 0) is 43.5 Å². The Morgan fingerprint density at radius 3 is 2.63 bits per heavy atom. The number of hydrogen-bond acceptors (Lipinski definition) is 3. The molecule has 1 N–H and O–H groups in total. The van der Waals surface area contributed by atoms with E-state index in [2.05, 4.69) is 12.2 Å². The van der Waals surface area contributed by atoms with Crippen LogP contribution in [0.2, 0.25) is 0 Å². The largest absolute Gasteiger partial charge is 0.316 e. The van der Waals surface area contributed by atoms with E-state index < -0.39 is 10.0 Å². The van der Waals surface area contributed by atoms with E-state index in [4.69, 9.17) is 0 Å². The average molecular weight is 282 g/mol. The van der Waals surface area contributed by atoms with Crippen LogP contribution in [-0.2, 0) is 16.6 Å². The van der Waals surface area contributed by atoms with Gasteiger partial charge in [-0.2, -0.15) is 4.31 Å². The number of nitrogens with zero attached hydrogens (tertiary/aromatic N) is 1. The zero-order chi connectivity index (χ0) is 13.9. The van der Waals surface area contributed by atoms with Crippen LogP contribution < -0.4 is 5.32 Å². The topological polar surface area (TPSA) is 49.4 Å². The third-order valence-electron chi connectivity index (χ3n) is 3.66. The van der Waals surface area contributed by atoms with Crippen LogP contribution in [0.5, 0.6) is 0 Å². The highest BCUT2D eigenvalue weighted by Gasteiger charge is 2.27. The number of benzene rings is 1. The lowest BCUT2D eigenvalue weighted by Gasteiger charge is -2.29. The molecule has 0 atom stereocenters. The molecule has 0 bridgehead atoms. The molecule has 19 heavy (non-hydrogen) atoms. The molecule has 0 radical (unpaired) electrons. The van der Waals surface area contributed by atoms with Crippen LogP contribution in [0.4, 0.5) is 0 Å². The number of piperidine rings is 1.